The first-order valence-electron chi connectivity index (χ1n) is 11.1. The lowest BCUT2D eigenvalue weighted by Crippen LogP contribution is -2.26. The van der Waals surface area contributed by atoms with Crippen molar-refractivity contribution < 1.29 is 28.2 Å². The molecule has 8 heteroatoms. The molecule has 1 amide bonds. The second-order valence-corrected chi connectivity index (χ2v) is 8.09. The summed E-state index contributed by atoms with van der Waals surface area (Å²) < 4.78 is 24.0. The van der Waals surface area contributed by atoms with Gasteiger partial charge in [0.1, 0.15) is 5.82 Å². The lowest BCUT2D eigenvalue weighted by Gasteiger charge is -2.17. The van der Waals surface area contributed by atoms with E-state index in [0.717, 1.165) is 17.7 Å². The minimum atomic E-state index is -0.707. The summed E-state index contributed by atoms with van der Waals surface area (Å²) in [5.74, 6) is -2.14. The van der Waals surface area contributed by atoms with Gasteiger partial charge in [-0.1, -0.05) is 30.3 Å². The summed E-state index contributed by atoms with van der Waals surface area (Å²) in [7, 11) is 2.52. The van der Waals surface area contributed by atoms with Crippen molar-refractivity contribution in [3.63, 3.8) is 0 Å². The molecule has 0 unspecified atom stereocenters. The number of halogens is 1. The number of ether oxygens (including phenoxy) is 2. The first-order valence-corrected chi connectivity index (χ1v) is 11.1. The third-order valence-electron chi connectivity index (χ3n) is 5.94. The van der Waals surface area contributed by atoms with Gasteiger partial charge in [-0.15, -0.1) is 0 Å². The molecule has 0 atom stereocenters. The summed E-state index contributed by atoms with van der Waals surface area (Å²) in [6.07, 6.45) is 5.87. The average molecular weight is 477 g/mol. The van der Waals surface area contributed by atoms with E-state index >= 15 is 0 Å². The highest BCUT2D eigenvalue weighted by molar-refractivity contribution is 6.36. The molecule has 1 fully saturated rings. The molecule has 0 aromatic heterocycles. The first kappa shape index (κ1) is 23.9. The lowest BCUT2D eigenvalue weighted by atomic mass is 9.99. The van der Waals surface area contributed by atoms with Gasteiger partial charge in [0.2, 0.25) is 0 Å². The molecule has 0 radical (unpaired) electrons. The highest BCUT2D eigenvalue weighted by atomic mass is 19.1. The van der Waals surface area contributed by atoms with Crippen molar-refractivity contribution in [2.45, 2.75) is 19.4 Å². The molecule has 2 aliphatic rings. The molecule has 2 heterocycles. The van der Waals surface area contributed by atoms with E-state index in [-0.39, 0.29) is 17.7 Å². The summed E-state index contributed by atoms with van der Waals surface area (Å²) >= 11 is 0. The van der Waals surface area contributed by atoms with Crippen LogP contribution in [0.4, 0.5) is 10.1 Å². The zero-order valence-corrected chi connectivity index (χ0v) is 19.5. The molecule has 0 bridgehead atoms. The normalized spacial score (nSPS) is 17.8. The van der Waals surface area contributed by atoms with Crippen LogP contribution in [0.25, 0.3) is 5.57 Å². The van der Waals surface area contributed by atoms with Crippen molar-refractivity contribution in [2.24, 2.45) is 0 Å². The largest absolute Gasteiger partial charge is 0.466 e. The Hall–Kier alpha value is -4.20. The maximum absolute atomic E-state index is 14.3. The number of carbonyl (C=O) groups is 3. The number of esters is 2. The quantitative estimate of drug-likeness (QED) is 0.464. The Morgan fingerprint density at radius 1 is 1.09 bits per heavy atom. The SMILES string of the molecule is COC(=O)/C=C/N1CCC/C1=C\C(C(=O)OC)=C1/C(=O)N(Cc2ccccc2)c2ccc(F)cc21. The van der Waals surface area contributed by atoms with Gasteiger partial charge < -0.3 is 19.3 Å². The number of methoxy groups -OCH3 is 2. The number of likely N-dealkylation sites (tertiary alicyclic amines) is 1. The van der Waals surface area contributed by atoms with Crippen molar-refractivity contribution in [3.8, 4) is 0 Å². The van der Waals surface area contributed by atoms with Crippen LogP contribution in [0, 0.1) is 5.82 Å². The fourth-order valence-electron chi connectivity index (χ4n) is 4.26. The summed E-state index contributed by atoms with van der Waals surface area (Å²) in [6, 6.07) is 13.5. The van der Waals surface area contributed by atoms with E-state index in [1.807, 2.05) is 35.2 Å². The highest BCUT2D eigenvalue weighted by Gasteiger charge is 2.37. The van der Waals surface area contributed by atoms with Crippen LogP contribution < -0.4 is 4.90 Å². The molecule has 7 nitrogen and oxygen atoms in total. The van der Waals surface area contributed by atoms with Gasteiger partial charge in [-0.05, 0) is 42.7 Å². The molecule has 4 rings (SSSR count). The number of benzene rings is 2. The molecule has 2 aromatic rings. The summed E-state index contributed by atoms with van der Waals surface area (Å²) in [6.45, 7) is 0.892. The Labute approximate surface area is 202 Å². The van der Waals surface area contributed by atoms with Crippen molar-refractivity contribution in [2.75, 3.05) is 25.7 Å². The molecule has 35 heavy (non-hydrogen) atoms. The molecule has 2 aliphatic heterocycles. The number of carbonyl (C=O) groups excluding carboxylic acids is 3. The van der Waals surface area contributed by atoms with Crippen LogP contribution in [-0.2, 0) is 30.4 Å². The van der Waals surface area contributed by atoms with Gasteiger partial charge in [0.05, 0.1) is 37.6 Å². The molecule has 0 N–H and O–H groups in total. The van der Waals surface area contributed by atoms with Crippen molar-refractivity contribution in [1.82, 2.24) is 4.90 Å². The minimum Gasteiger partial charge on any atom is -0.466 e. The molecule has 0 spiro atoms. The number of allylic oxidation sites excluding steroid dienone is 1. The monoisotopic (exact) mass is 476 g/mol. The number of anilines is 1. The molecule has 0 aliphatic carbocycles. The molecular weight excluding hydrogens is 451 g/mol. The number of hydrogen-bond donors (Lipinski definition) is 0. The van der Waals surface area contributed by atoms with Gasteiger partial charge in [-0.3, -0.25) is 4.79 Å². The summed E-state index contributed by atoms with van der Waals surface area (Å²) in [5, 5.41) is 0. The third-order valence-corrected chi connectivity index (χ3v) is 5.94. The van der Waals surface area contributed by atoms with Crippen molar-refractivity contribution in [1.29, 1.82) is 0 Å². The van der Waals surface area contributed by atoms with Crippen LogP contribution in [0.5, 0.6) is 0 Å². The van der Waals surface area contributed by atoms with E-state index in [1.54, 1.807) is 18.3 Å². The van der Waals surface area contributed by atoms with E-state index in [9.17, 15) is 18.8 Å². The van der Waals surface area contributed by atoms with Crippen LogP contribution in [-0.4, -0.2) is 43.5 Å². The van der Waals surface area contributed by atoms with Gasteiger partial charge >= 0.3 is 11.9 Å². The zero-order valence-electron chi connectivity index (χ0n) is 19.5. The first-order chi connectivity index (χ1) is 16.9. The highest BCUT2D eigenvalue weighted by Crippen LogP contribution is 2.41. The molecule has 0 saturated carbocycles. The van der Waals surface area contributed by atoms with Crippen LogP contribution in [0.2, 0.25) is 0 Å². The number of hydrogen-bond acceptors (Lipinski definition) is 6. The van der Waals surface area contributed by atoms with Gasteiger partial charge in [0.25, 0.3) is 5.91 Å². The Morgan fingerprint density at radius 3 is 2.57 bits per heavy atom. The standard InChI is InChI=1S/C27H25FN2O5/c1-34-24(31)12-14-29-13-6-9-20(29)16-22(27(33)35-2)25-21-15-19(28)10-11-23(21)30(26(25)32)17-18-7-4-3-5-8-18/h3-5,7-8,10-12,14-16H,6,9,13,17H2,1-2H3/b14-12+,20-16+,25-22+. The van der Waals surface area contributed by atoms with E-state index in [1.165, 1.54) is 37.3 Å². The minimum absolute atomic E-state index is 0.0354. The van der Waals surface area contributed by atoms with E-state index in [0.29, 0.717) is 24.2 Å². The predicted octanol–water partition coefficient (Wildman–Crippen LogP) is 3.97. The summed E-state index contributed by atoms with van der Waals surface area (Å²) in [4.78, 5) is 41.5. The average Bonchev–Trinajstić information content (AvgIpc) is 3.42. The Morgan fingerprint density at radius 2 is 1.86 bits per heavy atom. The van der Waals surface area contributed by atoms with E-state index < -0.39 is 23.7 Å². The maximum atomic E-state index is 14.3. The molecule has 180 valence electrons. The number of amides is 1. The number of nitrogens with zero attached hydrogens (tertiary/aromatic N) is 2. The Balaban J connectivity index is 1.82. The second-order valence-electron chi connectivity index (χ2n) is 8.09. The Bertz CT molecular complexity index is 1250. The fourth-order valence-corrected chi connectivity index (χ4v) is 4.26. The van der Waals surface area contributed by atoms with Gasteiger partial charge in [-0.25, -0.2) is 14.0 Å². The number of rotatable bonds is 6. The lowest BCUT2D eigenvalue weighted by molar-refractivity contribution is -0.136. The van der Waals surface area contributed by atoms with Crippen LogP contribution in [0.15, 0.2) is 78.2 Å². The smallest absolute Gasteiger partial charge is 0.338 e. The van der Waals surface area contributed by atoms with Crippen LogP contribution >= 0.6 is 0 Å². The van der Waals surface area contributed by atoms with E-state index in [2.05, 4.69) is 4.74 Å². The maximum Gasteiger partial charge on any atom is 0.338 e. The third kappa shape index (κ3) is 5.01. The summed E-state index contributed by atoms with van der Waals surface area (Å²) in [5.41, 5.74) is 2.59. The van der Waals surface area contributed by atoms with Crippen LogP contribution in [0.1, 0.15) is 24.0 Å². The van der Waals surface area contributed by atoms with E-state index in [4.69, 9.17) is 4.74 Å². The molecule has 2 aromatic carbocycles. The fraction of sp³-hybridized carbons (Fsp3) is 0.222. The van der Waals surface area contributed by atoms with Gasteiger partial charge in [-0.2, -0.15) is 0 Å². The number of fused-ring (bicyclic) bond motifs is 1. The van der Waals surface area contributed by atoms with Crippen molar-refractivity contribution in [3.05, 3.63) is 95.1 Å². The predicted molar refractivity (Wildman–Crippen MR) is 128 cm³/mol. The van der Waals surface area contributed by atoms with Gasteiger partial charge in [0, 0.05) is 30.1 Å². The zero-order chi connectivity index (χ0) is 24.9. The van der Waals surface area contributed by atoms with Crippen LogP contribution in [0.3, 0.4) is 0 Å². The molecular formula is C27H25FN2O5. The topological polar surface area (TPSA) is 76.1 Å². The second kappa shape index (κ2) is 10.4. The molecule has 1 saturated heterocycles. The van der Waals surface area contributed by atoms with Gasteiger partial charge in [0.15, 0.2) is 0 Å². The van der Waals surface area contributed by atoms with Crippen molar-refractivity contribution >= 4 is 29.1 Å². The Kier molecular flexibility index (Phi) is 7.10.